The topological polar surface area (TPSA) is 40.5 Å². The molecule has 0 aromatic heterocycles. The summed E-state index contributed by atoms with van der Waals surface area (Å²) in [6.07, 6.45) is 8.05. The maximum Gasteiger partial charge on any atom is 0.0697 e. The minimum absolute atomic E-state index is 0.236. The lowest BCUT2D eigenvalue weighted by molar-refractivity contribution is -0.118. The van der Waals surface area contributed by atoms with Gasteiger partial charge in [-0.1, -0.05) is 39.0 Å². The molecular weight excluding hydrogens is 164 g/mol. The standard InChI is InChI=1S/C11H22O2/c1-2-3-4-5-6-7-11(13)8-10(12)9-11/h10,12-13H,2-9H2,1H3. The Morgan fingerprint density at radius 3 is 2.31 bits per heavy atom. The van der Waals surface area contributed by atoms with Crippen molar-refractivity contribution in [1.82, 2.24) is 0 Å². The van der Waals surface area contributed by atoms with Crippen LogP contribution in [0.25, 0.3) is 0 Å². The minimum Gasteiger partial charge on any atom is -0.393 e. The molecule has 1 aliphatic carbocycles. The van der Waals surface area contributed by atoms with Crippen LogP contribution >= 0.6 is 0 Å². The first-order chi connectivity index (χ1) is 6.16. The van der Waals surface area contributed by atoms with Gasteiger partial charge in [0.05, 0.1) is 11.7 Å². The Kier molecular flexibility index (Phi) is 4.20. The third-order valence-electron chi connectivity index (χ3n) is 2.98. The van der Waals surface area contributed by atoms with Gasteiger partial charge in [-0.2, -0.15) is 0 Å². The summed E-state index contributed by atoms with van der Waals surface area (Å²) >= 11 is 0. The molecule has 0 heterocycles. The van der Waals surface area contributed by atoms with E-state index in [1.807, 2.05) is 0 Å². The van der Waals surface area contributed by atoms with Crippen LogP contribution in [0.5, 0.6) is 0 Å². The largest absolute Gasteiger partial charge is 0.393 e. The second-order valence-electron chi connectivity index (χ2n) is 4.45. The summed E-state index contributed by atoms with van der Waals surface area (Å²) in [4.78, 5) is 0. The monoisotopic (exact) mass is 186 g/mol. The molecule has 0 aromatic rings. The summed E-state index contributed by atoms with van der Waals surface area (Å²) in [5.41, 5.74) is -0.508. The van der Waals surface area contributed by atoms with E-state index in [0.717, 1.165) is 12.8 Å². The predicted molar refractivity (Wildman–Crippen MR) is 53.6 cm³/mol. The van der Waals surface area contributed by atoms with Crippen LogP contribution in [0.2, 0.25) is 0 Å². The van der Waals surface area contributed by atoms with E-state index in [1.54, 1.807) is 0 Å². The van der Waals surface area contributed by atoms with Crippen LogP contribution < -0.4 is 0 Å². The van der Waals surface area contributed by atoms with Gasteiger partial charge in [0.2, 0.25) is 0 Å². The zero-order valence-electron chi connectivity index (χ0n) is 8.63. The van der Waals surface area contributed by atoms with Crippen molar-refractivity contribution in [1.29, 1.82) is 0 Å². The minimum atomic E-state index is -0.508. The van der Waals surface area contributed by atoms with Gasteiger partial charge in [-0.25, -0.2) is 0 Å². The molecule has 0 aromatic carbocycles. The summed E-state index contributed by atoms with van der Waals surface area (Å²) in [6.45, 7) is 2.20. The molecule has 0 spiro atoms. The normalized spacial score (nSPS) is 33.0. The van der Waals surface area contributed by atoms with E-state index < -0.39 is 5.60 Å². The van der Waals surface area contributed by atoms with Crippen molar-refractivity contribution in [3.8, 4) is 0 Å². The predicted octanol–water partition coefficient (Wildman–Crippen LogP) is 2.23. The SMILES string of the molecule is CCCCCCCC1(O)CC(O)C1. The second kappa shape index (κ2) is 4.97. The van der Waals surface area contributed by atoms with Crippen LogP contribution in [0, 0.1) is 0 Å². The van der Waals surface area contributed by atoms with E-state index in [9.17, 15) is 5.11 Å². The van der Waals surface area contributed by atoms with Gasteiger partial charge < -0.3 is 10.2 Å². The van der Waals surface area contributed by atoms with E-state index in [0.29, 0.717) is 12.8 Å². The highest BCUT2D eigenvalue weighted by molar-refractivity contribution is 4.93. The molecule has 0 amide bonds. The fourth-order valence-corrected chi connectivity index (χ4v) is 2.08. The third kappa shape index (κ3) is 3.65. The lowest BCUT2D eigenvalue weighted by Gasteiger charge is -2.41. The van der Waals surface area contributed by atoms with Gasteiger partial charge in [0.25, 0.3) is 0 Å². The first-order valence-corrected chi connectivity index (χ1v) is 5.57. The zero-order valence-corrected chi connectivity index (χ0v) is 8.63. The van der Waals surface area contributed by atoms with E-state index in [4.69, 9.17) is 5.11 Å². The van der Waals surface area contributed by atoms with Crippen molar-refractivity contribution in [3.63, 3.8) is 0 Å². The molecular formula is C11H22O2. The first kappa shape index (κ1) is 11.0. The van der Waals surface area contributed by atoms with Crippen LogP contribution in [0.1, 0.15) is 58.3 Å². The summed E-state index contributed by atoms with van der Waals surface area (Å²) in [7, 11) is 0. The molecule has 0 bridgehead atoms. The smallest absolute Gasteiger partial charge is 0.0697 e. The summed E-state index contributed by atoms with van der Waals surface area (Å²) in [5, 5.41) is 18.8. The molecule has 2 N–H and O–H groups in total. The lowest BCUT2D eigenvalue weighted by Crippen LogP contribution is -2.46. The number of aliphatic hydroxyl groups excluding tert-OH is 1. The molecule has 0 radical (unpaired) electrons. The summed E-state index contributed by atoms with van der Waals surface area (Å²) in [6, 6.07) is 0. The Morgan fingerprint density at radius 2 is 1.77 bits per heavy atom. The van der Waals surface area contributed by atoms with Gasteiger partial charge in [-0.15, -0.1) is 0 Å². The Bertz CT molecular complexity index is 139. The van der Waals surface area contributed by atoms with Crippen molar-refractivity contribution in [2.24, 2.45) is 0 Å². The van der Waals surface area contributed by atoms with Gasteiger partial charge in [0.1, 0.15) is 0 Å². The van der Waals surface area contributed by atoms with Crippen molar-refractivity contribution >= 4 is 0 Å². The molecule has 13 heavy (non-hydrogen) atoms. The number of unbranched alkanes of at least 4 members (excludes halogenated alkanes) is 4. The second-order valence-corrected chi connectivity index (χ2v) is 4.45. The Hall–Kier alpha value is -0.0800. The van der Waals surface area contributed by atoms with Crippen molar-refractivity contribution < 1.29 is 10.2 Å². The van der Waals surface area contributed by atoms with Gasteiger partial charge in [0, 0.05) is 12.8 Å². The van der Waals surface area contributed by atoms with Crippen LogP contribution in [-0.4, -0.2) is 21.9 Å². The van der Waals surface area contributed by atoms with Crippen LogP contribution in [0.3, 0.4) is 0 Å². The molecule has 1 rings (SSSR count). The summed E-state index contributed by atoms with van der Waals surface area (Å²) < 4.78 is 0. The molecule has 0 saturated heterocycles. The average molecular weight is 186 g/mol. The van der Waals surface area contributed by atoms with Gasteiger partial charge in [-0.3, -0.25) is 0 Å². The van der Waals surface area contributed by atoms with E-state index >= 15 is 0 Å². The maximum absolute atomic E-state index is 9.78. The highest BCUT2D eigenvalue weighted by Gasteiger charge is 2.40. The van der Waals surface area contributed by atoms with Crippen LogP contribution in [0.15, 0.2) is 0 Å². The fourth-order valence-electron chi connectivity index (χ4n) is 2.08. The third-order valence-corrected chi connectivity index (χ3v) is 2.98. The van der Waals surface area contributed by atoms with Gasteiger partial charge in [-0.05, 0) is 6.42 Å². The number of aliphatic hydroxyl groups is 2. The quantitative estimate of drug-likeness (QED) is 0.624. The molecule has 1 fully saturated rings. The average Bonchev–Trinajstić information content (AvgIpc) is 2.02. The Balaban J connectivity index is 1.94. The van der Waals surface area contributed by atoms with Crippen LogP contribution in [0.4, 0.5) is 0 Å². The van der Waals surface area contributed by atoms with Crippen molar-refractivity contribution in [2.45, 2.75) is 70.0 Å². The molecule has 1 aliphatic rings. The first-order valence-electron chi connectivity index (χ1n) is 5.57. The molecule has 0 unspecified atom stereocenters. The number of hydrogen-bond acceptors (Lipinski definition) is 2. The van der Waals surface area contributed by atoms with Crippen molar-refractivity contribution in [3.05, 3.63) is 0 Å². The van der Waals surface area contributed by atoms with E-state index in [1.165, 1.54) is 25.7 Å². The lowest BCUT2D eigenvalue weighted by atomic mass is 9.74. The maximum atomic E-state index is 9.78. The molecule has 0 aliphatic heterocycles. The van der Waals surface area contributed by atoms with Gasteiger partial charge in [0.15, 0.2) is 0 Å². The number of hydrogen-bond donors (Lipinski definition) is 2. The van der Waals surface area contributed by atoms with Crippen molar-refractivity contribution in [2.75, 3.05) is 0 Å². The Morgan fingerprint density at radius 1 is 1.15 bits per heavy atom. The summed E-state index contributed by atoms with van der Waals surface area (Å²) in [5.74, 6) is 0. The fraction of sp³-hybridized carbons (Fsp3) is 1.00. The van der Waals surface area contributed by atoms with E-state index in [-0.39, 0.29) is 6.10 Å². The highest BCUT2D eigenvalue weighted by Crippen LogP contribution is 2.36. The molecule has 78 valence electrons. The Labute approximate surface area is 81.0 Å². The van der Waals surface area contributed by atoms with Crippen LogP contribution in [-0.2, 0) is 0 Å². The van der Waals surface area contributed by atoms with E-state index in [2.05, 4.69) is 6.92 Å². The zero-order chi connectivity index (χ0) is 9.73. The molecule has 1 saturated carbocycles. The number of rotatable bonds is 6. The molecule has 0 atom stereocenters. The molecule has 2 nitrogen and oxygen atoms in total. The molecule has 2 heteroatoms. The highest BCUT2D eigenvalue weighted by atomic mass is 16.3. The van der Waals surface area contributed by atoms with Gasteiger partial charge >= 0.3 is 0 Å².